The minimum atomic E-state index is -3.57. The molecule has 0 aromatic heterocycles. The van der Waals surface area contributed by atoms with E-state index in [9.17, 15) is 8.42 Å². The first kappa shape index (κ1) is 17.7. The van der Waals surface area contributed by atoms with Gasteiger partial charge in [0.25, 0.3) is 0 Å². The molecule has 1 aromatic rings. The summed E-state index contributed by atoms with van der Waals surface area (Å²) >= 11 is 0. The molecule has 0 saturated carbocycles. The molecule has 1 aromatic carbocycles. The third-order valence-electron chi connectivity index (χ3n) is 2.94. The predicted octanol–water partition coefficient (Wildman–Crippen LogP) is 0.996. The standard InChI is InChI=1S/C15H21NO4S/c1-4-20-11-9-16(3)21(18,19)15-12-14(6-5-10-17)8-7-13(15)2/h7-8,12,17H,4,9-11H2,1-3H3. The lowest BCUT2D eigenvalue weighted by Crippen LogP contribution is -2.30. The maximum absolute atomic E-state index is 12.5. The number of nitrogens with zero attached hydrogens (tertiary/aromatic N) is 1. The number of benzene rings is 1. The van der Waals surface area contributed by atoms with E-state index in [2.05, 4.69) is 11.8 Å². The average Bonchev–Trinajstić information content (AvgIpc) is 2.46. The molecule has 0 heterocycles. The Hall–Kier alpha value is -1.39. The van der Waals surface area contributed by atoms with Gasteiger partial charge in [-0.1, -0.05) is 17.9 Å². The highest BCUT2D eigenvalue weighted by Crippen LogP contribution is 2.20. The lowest BCUT2D eigenvalue weighted by atomic mass is 10.1. The molecule has 0 aliphatic carbocycles. The van der Waals surface area contributed by atoms with E-state index < -0.39 is 10.0 Å². The van der Waals surface area contributed by atoms with Crippen LogP contribution in [-0.2, 0) is 14.8 Å². The topological polar surface area (TPSA) is 66.8 Å². The van der Waals surface area contributed by atoms with Crippen molar-refractivity contribution in [2.45, 2.75) is 18.7 Å². The summed E-state index contributed by atoms with van der Waals surface area (Å²) < 4.78 is 31.6. The summed E-state index contributed by atoms with van der Waals surface area (Å²) in [5.74, 6) is 5.23. The molecule has 0 unspecified atom stereocenters. The van der Waals surface area contributed by atoms with Crippen LogP contribution in [0.15, 0.2) is 23.1 Å². The second-order valence-corrected chi connectivity index (χ2v) is 6.48. The molecule has 0 amide bonds. The van der Waals surface area contributed by atoms with Crippen LogP contribution in [0.25, 0.3) is 0 Å². The number of ether oxygens (including phenoxy) is 1. The maximum Gasteiger partial charge on any atom is 0.243 e. The van der Waals surface area contributed by atoms with Crippen LogP contribution in [0.2, 0.25) is 0 Å². The van der Waals surface area contributed by atoms with Crippen molar-refractivity contribution in [3.8, 4) is 11.8 Å². The fourth-order valence-corrected chi connectivity index (χ4v) is 3.12. The first-order valence-electron chi connectivity index (χ1n) is 6.68. The Morgan fingerprint density at radius 3 is 2.71 bits per heavy atom. The number of aliphatic hydroxyl groups excluding tert-OH is 1. The number of aryl methyl sites for hydroxylation is 1. The molecule has 0 radical (unpaired) electrons. The molecule has 0 spiro atoms. The quantitative estimate of drug-likeness (QED) is 0.628. The van der Waals surface area contributed by atoms with E-state index in [1.54, 1.807) is 19.1 Å². The largest absolute Gasteiger partial charge is 0.384 e. The normalized spacial score (nSPS) is 11.3. The van der Waals surface area contributed by atoms with Crippen molar-refractivity contribution in [3.63, 3.8) is 0 Å². The lowest BCUT2D eigenvalue weighted by Gasteiger charge is -2.18. The molecule has 116 valence electrons. The number of aliphatic hydroxyl groups is 1. The van der Waals surface area contributed by atoms with Gasteiger partial charge in [0, 0.05) is 25.8 Å². The van der Waals surface area contributed by atoms with E-state index in [1.807, 2.05) is 6.92 Å². The van der Waals surface area contributed by atoms with Crippen molar-refractivity contribution in [3.05, 3.63) is 29.3 Å². The van der Waals surface area contributed by atoms with Crippen molar-refractivity contribution in [1.29, 1.82) is 0 Å². The molecule has 1 rings (SSSR count). The predicted molar refractivity (Wildman–Crippen MR) is 81.5 cm³/mol. The van der Waals surface area contributed by atoms with E-state index in [1.165, 1.54) is 17.4 Å². The van der Waals surface area contributed by atoms with Crippen LogP contribution in [0.4, 0.5) is 0 Å². The van der Waals surface area contributed by atoms with Crippen molar-refractivity contribution >= 4 is 10.0 Å². The van der Waals surface area contributed by atoms with Gasteiger partial charge in [-0.15, -0.1) is 0 Å². The number of hydrogen-bond acceptors (Lipinski definition) is 4. The Morgan fingerprint density at radius 1 is 1.38 bits per heavy atom. The highest BCUT2D eigenvalue weighted by molar-refractivity contribution is 7.89. The Morgan fingerprint density at radius 2 is 2.10 bits per heavy atom. The van der Waals surface area contributed by atoms with Crippen LogP contribution in [0.3, 0.4) is 0 Å². The lowest BCUT2D eigenvalue weighted by molar-refractivity contribution is 0.138. The molecule has 6 heteroatoms. The van der Waals surface area contributed by atoms with E-state index in [0.29, 0.717) is 30.9 Å². The summed E-state index contributed by atoms with van der Waals surface area (Å²) in [4.78, 5) is 0.228. The first-order valence-corrected chi connectivity index (χ1v) is 8.12. The zero-order valence-electron chi connectivity index (χ0n) is 12.6. The Labute approximate surface area is 126 Å². The molecule has 0 aliphatic rings. The molecule has 5 nitrogen and oxygen atoms in total. The van der Waals surface area contributed by atoms with E-state index in [0.717, 1.165) is 0 Å². The first-order chi connectivity index (χ1) is 9.93. The molecule has 1 N–H and O–H groups in total. The van der Waals surface area contributed by atoms with E-state index in [-0.39, 0.29) is 11.5 Å². The average molecular weight is 311 g/mol. The highest BCUT2D eigenvalue weighted by atomic mass is 32.2. The smallest absolute Gasteiger partial charge is 0.243 e. The highest BCUT2D eigenvalue weighted by Gasteiger charge is 2.22. The summed E-state index contributed by atoms with van der Waals surface area (Å²) in [6.45, 7) is 4.55. The molecular weight excluding hydrogens is 290 g/mol. The fourth-order valence-electron chi connectivity index (χ4n) is 1.72. The van der Waals surface area contributed by atoms with Gasteiger partial charge in [-0.05, 0) is 31.5 Å². The van der Waals surface area contributed by atoms with Gasteiger partial charge in [0.2, 0.25) is 10.0 Å². The van der Waals surface area contributed by atoms with Gasteiger partial charge in [0.05, 0.1) is 11.5 Å². The molecule has 0 aliphatic heterocycles. The zero-order valence-corrected chi connectivity index (χ0v) is 13.4. The Balaban J connectivity index is 3.06. The third-order valence-corrected chi connectivity index (χ3v) is 4.94. The molecule has 21 heavy (non-hydrogen) atoms. The van der Waals surface area contributed by atoms with Gasteiger partial charge in [-0.2, -0.15) is 4.31 Å². The molecule has 0 bridgehead atoms. The second kappa shape index (κ2) is 8.15. The summed E-state index contributed by atoms with van der Waals surface area (Å²) in [6.07, 6.45) is 0. The van der Waals surface area contributed by atoms with Crippen LogP contribution >= 0.6 is 0 Å². The van der Waals surface area contributed by atoms with Gasteiger partial charge in [-0.25, -0.2) is 8.42 Å². The van der Waals surface area contributed by atoms with Crippen LogP contribution in [-0.4, -0.2) is 51.2 Å². The van der Waals surface area contributed by atoms with Gasteiger partial charge in [0.15, 0.2) is 0 Å². The second-order valence-electron chi connectivity index (χ2n) is 4.46. The Kier molecular flexibility index (Phi) is 6.85. The minimum Gasteiger partial charge on any atom is -0.384 e. The van der Waals surface area contributed by atoms with E-state index >= 15 is 0 Å². The van der Waals surface area contributed by atoms with Crippen molar-refractivity contribution in [1.82, 2.24) is 4.31 Å². The molecule has 0 fully saturated rings. The third kappa shape index (κ3) is 4.83. The summed E-state index contributed by atoms with van der Waals surface area (Å²) in [5.41, 5.74) is 1.22. The molecule has 0 atom stereocenters. The van der Waals surface area contributed by atoms with Crippen molar-refractivity contribution in [2.24, 2.45) is 0 Å². The van der Waals surface area contributed by atoms with Gasteiger partial charge >= 0.3 is 0 Å². The zero-order chi connectivity index (χ0) is 15.9. The van der Waals surface area contributed by atoms with Gasteiger partial charge < -0.3 is 9.84 Å². The molecular formula is C15H21NO4S. The summed E-state index contributed by atoms with van der Waals surface area (Å²) in [6, 6.07) is 4.98. The number of rotatable bonds is 6. The summed E-state index contributed by atoms with van der Waals surface area (Å²) in [5, 5.41) is 8.71. The SMILES string of the molecule is CCOCCN(C)S(=O)(=O)c1cc(C#CCO)ccc1C. The van der Waals surface area contributed by atoms with Gasteiger partial charge in [0.1, 0.15) is 6.61 Å². The Bertz CT molecular complexity index is 629. The number of sulfonamides is 1. The van der Waals surface area contributed by atoms with Crippen LogP contribution in [0.5, 0.6) is 0 Å². The van der Waals surface area contributed by atoms with E-state index in [4.69, 9.17) is 9.84 Å². The summed E-state index contributed by atoms with van der Waals surface area (Å²) in [7, 11) is -2.05. The van der Waals surface area contributed by atoms with Crippen molar-refractivity contribution < 1.29 is 18.3 Å². The van der Waals surface area contributed by atoms with Crippen molar-refractivity contribution in [2.75, 3.05) is 33.4 Å². The number of hydrogen-bond donors (Lipinski definition) is 1. The monoisotopic (exact) mass is 311 g/mol. The van der Waals surface area contributed by atoms with Gasteiger partial charge in [-0.3, -0.25) is 0 Å². The van der Waals surface area contributed by atoms with Crippen LogP contribution < -0.4 is 0 Å². The number of likely N-dealkylation sites (N-methyl/N-ethyl adjacent to an activating group) is 1. The van der Waals surface area contributed by atoms with Crippen LogP contribution in [0, 0.1) is 18.8 Å². The maximum atomic E-state index is 12.5. The van der Waals surface area contributed by atoms with Crippen LogP contribution in [0.1, 0.15) is 18.1 Å². The fraction of sp³-hybridized carbons (Fsp3) is 0.467. The molecule has 0 saturated heterocycles. The minimum absolute atomic E-state index is 0.228.